The number of piperidine rings is 1. The van der Waals surface area contributed by atoms with Crippen LogP contribution in [0.15, 0.2) is 24.5 Å². The van der Waals surface area contributed by atoms with Crippen LogP contribution in [0.1, 0.15) is 37.7 Å². The molecule has 0 radical (unpaired) electrons. The van der Waals surface area contributed by atoms with Crippen LogP contribution in [0.25, 0.3) is 0 Å². The first-order chi connectivity index (χ1) is 9.79. The quantitative estimate of drug-likeness (QED) is 0.858. The van der Waals surface area contributed by atoms with Crippen molar-refractivity contribution in [3.8, 4) is 0 Å². The summed E-state index contributed by atoms with van der Waals surface area (Å²) in [6.45, 7) is 0.723. The predicted molar refractivity (Wildman–Crippen MR) is 78.2 cm³/mol. The SMILES string of the molecule is O=C(CC1CC2CCC(C1)N2)NCCc1ccncc1. The predicted octanol–water partition coefficient (Wildman–Crippen LogP) is 1.66. The van der Waals surface area contributed by atoms with E-state index in [1.165, 1.54) is 31.2 Å². The second-order valence-electron chi connectivity index (χ2n) is 6.13. The Morgan fingerprint density at radius 2 is 1.95 bits per heavy atom. The summed E-state index contributed by atoms with van der Waals surface area (Å²) >= 11 is 0. The van der Waals surface area contributed by atoms with E-state index in [0.29, 0.717) is 24.4 Å². The highest BCUT2D eigenvalue weighted by molar-refractivity contribution is 5.76. The van der Waals surface area contributed by atoms with Crippen LogP contribution in [0.2, 0.25) is 0 Å². The van der Waals surface area contributed by atoms with Gasteiger partial charge in [0.2, 0.25) is 5.91 Å². The zero-order valence-corrected chi connectivity index (χ0v) is 11.8. The van der Waals surface area contributed by atoms with E-state index in [2.05, 4.69) is 15.6 Å². The van der Waals surface area contributed by atoms with Crippen molar-refractivity contribution in [1.82, 2.24) is 15.6 Å². The summed E-state index contributed by atoms with van der Waals surface area (Å²) in [4.78, 5) is 16.0. The molecular formula is C16H23N3O. The average molecular weight is 273 g/mol. The molecule has 0 aromatic carbocycles. The third-order valence-corrected chi connectivity index (χ3v) is 4.53. The van der Waals surface area contributed by atoms with Crippen molar-refractivity contribution in [2.24, 2.45) is 5.92 Å². The number of rotatable bonds is 5. The summed E-state index contributed by atoms with van der Waals surface area (Å²) in [5.41, 5.74) is 1.22. The van der Waals surface area contributed by atoms with Gasteiger partial charge in [-0.2, -0.15) is 0 Å². The molecule has 4 heteroatoms. The molecule has 2 atom stereocenters. The molecule has 1 aromatic rings. The van der Waals surface area contributed by atoms with Crippen molar-refractivity contribution in [3.05, 3.63) is 30.1 Å². The molecule has 3 heterocycles. The summed E-state index contributed by atoms with van der Waals surface area (Å²) in [5, 5.41) is 6.67. The molecule has 2 N–H and O–H groups in total. The average Bonchev–Trinajstić information content (AvgIpc) is 2.79. The zero-order chi connectivity index (χ0) is 13.8. The van der Waals surface area contributed by atoms with Gasteiger partial charge in [-0.25, -0.2) is 0 Å². The molecule has 4 nitrogen and oxygen atoms in total. The van der Waals surface area contributed by atoms with Crippen molar-refractivity contribution < 1.29 is 4.79 Å². The number of fused-ring (bicyclic) bond motifs is 2. The van der Waals surface area contributed by atoms with Crippen LogP contribution in [0, 0.1) is 5.92 Å². The Morgan fingerprint density at radius 1 is 1.25 bits per heavy atom. The summed E-state index contributed by atoms with van der Waals surface area (Å²) < 4.78 is 0. The molecule has 2 aliphatic heterocycles. The van der Waals surface area contributed by atoms with E-state index in [-0.39, 0.29) is 5.91 Å². The third kappa shape index (κ3) is 3.57. The molecular weight excluding hydrogens is 250 g/mol. The second-order valence-corrected chi connectivity index (χ2v) is 6.13. The van der Waals surface area contributed by atoms with Crippen LogP contribution in [0.3, 0.4) is 0 Å². The third-order valence-electron chi connectivity index (χ3n) is 4.53. The number of pyridine rings is 1. The van der Waals surface area contributed by atoms with Gasteiger partial charge in [0, 0.05) is 37.4 Å². The molecule has 2 aliphatic rings. The summed E-state index contributed by atoms with van der Waals surface area (Å²) in [7, 11) is 0. The number of carbonyl (C=O) groups is 1. The highest BCUT2D eigenvalue weighted by Crippen LogP contribution is 2.32. The number of carbonyl (C=O) groups excluding carboxylic acids is 1. The molecule has 1 amide bonds. The lowest BCUT2D eigenvalue weighted by Gasteiger charge is -2.28. The lowest BCUT2D eigenvalue weighted by atomic mass is 9.89. The summed E-state index contributed by atoms with van der Waals surface area (Å²) in [5.74, 6) is 0.792. The van der Waals surface area contributed by atoms with Gasteiger partial charge in [-0.1, -0.05) is 0 Å². The van der Waals surface area contributed by atoms with Crippen molar-refractivity contribution >= 4 is 5.91 Å². The maximum Gasteiger partial charge on any atom is 0.220 e. The fraction of sp³-hybridized carbons (Fsp3) is 0.625. The summed E-state index contributed by atoms with van der Waals surface area (Å²) in [6.07, 6.45) is 10.1. The largest absolute Gasteiger partial charge is 0.356 e. The minimum Gasteiger partial charge on any atom is -0.356 e. The standard InChI is InChI=1S/C16H23N3O/c20-16(18-8-5-12-3-6-17-7-4-12)11-13-9-14-1-2-15(10-13)19-14/h3-4,6-7,13-15,19H,1-2,5,8-11H2,(H,18,20). The molecule has 108 valence electrons. The van der Waals surface area contributed by atoms with E-state index in [4.69, 9.17) is 0 Å². The van der Waals surface area contributed by atoms with Gasteiger partial charge in [-0.3, -0.25) is 9.78 Å². The zero-order valence-electron chi connectivity index (χ0n) is 11.8. The lowest BCUT2D eigenvalue weighted by Crippen LogP contribution is -2.39. The smallest absolute Gasteiger partial charge is 0.220 e. The number of hydrogen-bond donors (Lipinski definition) is 2. The number of amides is 1. The minimum atomic E-state index is 0.213. The van der Waals surface area contributed by atoms with E-state index in [0.717, 1.165) is 13.0 Å². The molecule has 2 unspecified atom stereocenters. The Labute approximate surface area is 120 Å². The van der Waals surface area contributed by atoms with Crippen molar-refractivity contribution in [3.63, 3.8) is 0 Å². The molecule has 2 saturated heterocycles. The Kier molecular flexibility index (Phi) is 4.31. The van der Waals surface area contributed by atoms with Crippen LogP contribution < -0.4 is 10.6 Å². The van der Waals surface area contributed by atoms with Crippen LogP contribution in [0.4, 0.5) is 0 Å². The van der Waals surface area contributed by atoms with E-state index in [1.54, 1.807) is 12.4 Å². The normalized spacial score (nSPS) is 28.3. The van der Waals surface area contributed by atoms with E-state index >= 15 is 0 Å². The Morgan fingerprint density at radius 3 is 2.65 bits per heavy atom. The molecule has 1 aromatic heterocycles. The van der Waals surface area contributed by atoms with Crippen LogP contribution in [0.5, 0.6) is 0 Å². The molecule has 2 bridgehead atoms. The van der Waals surface area contributed by atoms with E-state index in [9.17, 15) is 4.79 Å². The molecule has 3 rings (SSSR count). The molecule has 2 fully saturated rings. The van der Waals surface area contributed by atoms with Gasteiger partial charge in [0.1, 0.15) is 0 Å². The highest BCUT2D eigenvalue weighted by atomic mass is 16.1. The number of nitrogens with zero attached hydrogens (tertiary/aromatic N) is 1. The lowest BCUT2D eigenvalue weighted by molar-refractivity contribution is -0.122. The minimum absolute atomic E-state index is 0.213. The van der Waals surface area contributed by atoms with Gasteiger partial charge in [0.25, 0.3) is 0 Å². The Balaban J connectivity index is 1.37. The molecule has 0 saturated carbocycles. The first-order valence-corrected chi connectivity index (χ1v) is 7.71. The fourth-order valence-electron chi connectivity index (χ4n) is 3.57. The van der Waals surface area contributed by atoms with Gasteiger partial charge in [-0.05, 0) is 55.7 Å². The van der Waals surface area contributed by atoms with Crippen molar-refractivity contribution in [2.45, 2.75) is 50.6 Å². The number of hydrogen-bond acceptors (Lipinski definition) is 3. The van der Waals surface area contributed by atoms with Crippen LogP contribution in [-0.4, -0.2) is 29.5 Å². The van der Waals surface area contributed by atoms with Crippen LogP contribution >= 0.6 is 0 Å². The van der Waals surface area contributed by atoms with Crippen molar-refractivity contribution in [1.29, 1.82) is 0 Å². The molecule has 0 spiro atoms. The molecule has 20 heavy (non-hydrogen) atoms. The van der Waals surface area contributed by atoms with Gasteiger partial charge < -0.3 is 10.6 Å². The Bertz CT molecular complexity index is 436. The molecule has 0 aliphatic carbocycles. The van der Waals surface area contributed by atoms with E-state index in [1.807, 2.05) is 12.1 Å². The first kappa shape index (κ1) is 13.6. The maximum atomic E-state index is 12.0. The number of nitrogens with one attached hydrogen (secondary N) is 2. The van der Waals surface area contributed by atoms with Crippen LogP contribution in [-0.2, 0) is 11.2 Å². The summed E-state index contributed by atoms with van der Waals surface area (Å²) in [6, 6.07) is 5.33. The van der Waals surface area contributed by atoms with Gasteiger partial charge >= 0.3 is 0 Å². The topological polar surface area (TPSA) is 54.0 Å². The fourth-order valence-corrected chi connectivity index (χ4v) is 3.57. The van der Waals surface area contributed by atoms with Gasteiger partial charge in [0.15, 0.2) is 0 Å². The maximum absolute atomic E-state index is 12.0. The monoisotopic (exact) mass is 273 g/mol. The first-order valence-electron chi connectivity index (χ1n) is 7.71. The van der Waals surface area contributed by atoms with Gasteiger partial charge in [0.05, 0.1) is 0 Å². The van der Waals surface area contributed by atoms with Gasteiger partial charge in [-0.15, -0.1) is 0 Å². The number of aromatic nitrogens is 1. The van der Waals surface area contributed by atoms with Crippen molar-refractivity contribution in [2.75, 3.05) is 6.54 Å². The highest BCUT2D eigenvalue weighted by Gasteiger charge is 2.33. The Hall–Kier alpha value is -1.42. The van der Waals surface area contributed by atoms with E-state index < -0.39 is 0 Å². The second kappa shape index (κ2) is 6.35.